The number of carbonyl (C=O) groups is 1. The first-order valence-corrected chi connectivity index (χ1v) is 13.3. The molecule has 1 aliphatic rings. The van der Waals surface area contributed by atoms with Gasteiger partial charge in [-0.05, 0) is 95.1 Å². The van der Waals surface area contributed by atoms with E-state index in [1.165, 1.54) is 37.9 Å². The van der Waals surface area contributed by atoms with Gasteiger partial charge in [0.05, 0.1) is 11.5 Å². The number of rotatable bonds is 11. The van der Waals surface area contributed by atoms with Gasteiger partial charge in [0.25, 0.3) is 15.9 Å². The Balaban J connectivity index is 1.49. The van der Waals surface area contributed by atoms with Crippen molar-refractivity contribution in [3.8, 4) is 5.75 Å². The van der Waals surface area contributed by atoms with Crippen LogP contribution in [0.25, 0.3) is 0 Å². The van der Waals surface area contributed by atoms with Crippen LogP contribution in [0.1, 0.15) is 56.3 Å². The summed E-state index contributed by atoms with van der Waals surface area (Å²) in [5.74, 6) is 0.406. The van der Waals surface area contributed by atoms with Gasteiger partial charge in [0.15, 0.2) is 0 Å². The average molecular weight is 474 g/mol. The molecule has 0 spiro atoms. The molecule has 2 aromatic carbocycles. The van der Waals surface area contributed by atoms with E-state index in [1.807, 2.05) is 6.92 Å². The summed E-state index contributed by atoms with van der Waals surface area (Å²) in [6.45, 7) is 7.51. The third kappa shape index (κ3) is 7.47. The van der Waals surface area contributed by atoms with Crippen LogP contribution in [0.15, 0.2) is 53.4 Å². The maximum absolute atomic E-state index is 12.7. The minimum Gasteiger partial charge on any atom is -0.494 e. The highest BCUT2D eigenvalue weighted by Crippen LogP contribution is 2.20. The Labute approximate surface area is 197 Å². The van der Waals surface area contributed by atoms with Gasteiger partial charge in [-0.15, -0.1) is 0 Å². The van der Waals surface area contributed by atoms with Gasteiger partial charge in [0.1, 0.15) is 5.75 Å². The van der Waals surface area contributed by atoms with Crippen LogP contribution >= 0.6 is 0 Å². The van der Waals surface area contributed by atoms with Crippen LogP contribution in [0, 0.1) is 0 Å². The van der Waals surface area contributed by atoms with Gasteiger partial charge in [0, 0.05) is 23.8 Å². The Bertz CT molecular complexity index is 1010. The zero-order valence-corrected chi connectivity index (χ0v) is 20.4. The lowest BCUT2D eigenvalue weighted by atomic mass is 10.0. The summed E-state index contributed by atoms with van der Waals surface area (Å²) in [5.41, 5.74) is 0.766. The minimum atomic E-state index is -3.77. The number of likely N-dealkylation sites (tertiary alicyclic amines) is 1. The normalized spacial score (nSPS) is 16.8. The summed E-state index contributed by atoms with van der Waals surface area (Å²) in [5, 5.41) is 2.94. The number of nitrogens with one attached hydrogen (secondary N) is 2. The van der Waals surface area contributed by atoms with Gasteiger partial charge >= 0.3 is 0 Å². The van der Waals surface area contributed by atoms with Gasteiger partial charge in [-0.1, -0.05) is 12.5 Å². The Morgan fingerprint density at radius 1 is 1.12 bits per heavy atom. The van der Waals surface area contributed by atoms with Crippen molar-refractivity contribution in [1.29, 1.82) is 0 Å². The van der Waals surface area contributed by atoms with Crippen molar-refractivity contribution in [2.75, 3.05) is 31.0 Å². The van der Waals surface area contributed by atoms with Crippen molar-refractivity contribution in [3.05, 3.63) is 54.1 Å². The Morgan fingerprint density at radius 2 is 1.91 bits per heavy atom. The highest BCUT2D eigenvalue weighted by Gasteiger charge is 2.17. The minimum absolute atomic E-state index is 0.129. The molecule has 0 saturated carbocycles. The van der Waals surface area contributed by atoms with E-state index in [1.54, 1.807) is 36.4 Å². The van der Waals surface area contributed by atoms with E-state index in [4.69, 9.17) is 4.74 Å². The molecular formula is C25H35N3O4S. The van der Waals surface area contributed by atoms with E-state index in [0.717, 1.165) is 19.4 Å². The molecular weight excluding hydrogens is 438 g/mol. The predicted octanol–water partition coefficient (Wildman–Crippen LogP) is 4.27. The summed E-state index contributed by atoms with van der Waals surface area (Å²) in [4.78, 5) is 15.2. The van der Waals surface area contributed by atoms with Crippen LogP contribution in [0.4, 0.5) is 5.69 Å². The molecule has 0 aromatic heterocycles. The van der Waals surface area contributed by atoms with Crippen molar-refractivity contribution < 1.29 is 17.9 Å². The lowest BCUT2D eigenvalue weighted by molar-refractivity contribution is 0.0951. The molecule has 1 atom stereocenters. The number of piperidine rings is 1. The summed E-state index contributed by atoms with van der Waals surface area (Å²) in [6.07, 6.45) is 5.84. The van der Waals surface area contributed by atoms with Crippen LogP contribution in [0.2, 0.25) is 0 Å². The predicted molar refractivity (Wildman–Crippen MR) is 131 cm³/mol. The van der Waals surface area contributed by atoms with Crippen LogP contribution in [-0.2, 0) is 10.0 Å². The number of amides is 1. The number of benzene rings is 2. The molecule has 1 heterocycles. The monoisotopic (exact) mass is 473 g/mol. The van der Waals surface area contributed by atoms with Crippen molar-refractivity contribution in [2.45, 2.75) is 56.9 Å². The maximum atomic E-state index is 12.7. The molecule has 1 saturated heterocycles. The fourth-order valence-electron chi connectivity index (χ4n) is 4.05. The summed E-state index contributed by atoms with van der Waals surface area (Å²) >= 11 is 0. The number of sulfonamides is 1. The molecule has 3 rings (SSSR count). The second kappa shape index (κ2) is 12.0. The molecule has 0 radical (unpaired) electrons. The van der Waals surface area contributed by atoms with Crippen LogP contribution in [0.5, 0.6) is 5.75 Å². The van der Waals surface area contributed by atoms with Crippen LogP contribution in [0.3, 0.4) is 0 Å². The van der Waals surface area contributed by atoms with Gasteiger partial charge in [0.2, 0.25) is 0 Å². The van der Waals surface area contributed by atoms with Crippen LogP contribution < -0.4 is 14.8 Å². The first kappa shape index (κ1) is 25.1. The molecule has 0 aliphatic carbocycles. The van der Waals surface area contributed by atoms with E-state index in [0.29, 0.717) is 36.2 Å². The molecule has 1 fully saturated rings. The highest BCUT2D eigenvalue weighted by molar-refractivity contribution is 7.92. The van der Waals surface area contributed by atoms with E-state index < -0.39 is 10.0 Å². The first-order chi connectivity index (χ1) is 15.9. The third-order valence-corrected chi connectivity index (χ3v) is 7.32. The fourth-order valence-corrected chi connectivity index (χ4v) is 5.10. The lowest BCUT2D eigenvalue weighted by Gasteiger charge is -2.33. The topological polar surface area (TPSA) is 87.7 Å². The second-order valence-electron chi connectivity index (χ2n) is 8.43. The zero-order valence-electron chi connectivity index (χ0n) is 19.5. The molecule has 7 nitrogen and oxygen atoms in total. The second-order valence-corrected chi connectivity index (χ2v) is 10.1. The number of carbonyl (C=O) groups excluding carboxylic acids is 1. The number of ether oxygens (including phenoxy) is 1. The number of unbranched alkanes of at least 4 members (excludes halogenated alkanes) is 1. The van der Waals surface area contributed by atoms with Crippen molar-refractivity contribution in [1.82, 2.24) is 10.2 Å². The van der Waals surface area contributed by atoms with Crippen LogP contribution in [-0.4, -0.2) is 51.5 Å². The summed E-state index contributed by atoms with van der Waals surface area (Å²) in [6, 6.07) is 13.4. The largest absolute Gasteiger partial charge is 0.494 e. The first-order valence-electron chi connectivity index (χ1n) is 11.8. The molecule has 1 aliphatic heterocycles. The molecule has 2 N–H and O–H groups in total. The standard InChI is InChI=1S/C25H35N3O4S/c1-3-32-23-12-14-24(15-13-23)33(30,31)27-22-11-8-10-21(19-22)25(29)26-16-5-7-18-28-17-6-4-9-20(28)2/h8,10-15,19-20,27H,3-7,9,16-18H2,1-2H3,(H,26,29). The lowest BCUT2D eigenvalue weighted by Crippen LogP contribution is -2.38. The highest BCUT2D eigenvalue weighted by atomic mass is 32.2. The van der Waals surface area contributed by atoms with Gasteiger partial charge < -0.3 is 15.0 Å². The molecule has 2 aromatic rings. The van der Waals surface area contributed by atoms with E-state index >= 15 is 0 Å². The van der Waals surface area contributed by atoms with Crippen molar-refractivity contribution >= 4 is 21.6 Å². The van der Waals surface area contributed by atoms with E-state index in [2.05, 4.69) is 21.9 Å². The zero-order chi connectivity index (χ0) is 23.7. The SMILES string of the molecule is CCOc1ccc(S(=O)(=O)Nc2cccc(C(=O)NCCCCN3CCCCC3C)c2)cc1. The molecule has 180 valence electrons. The summed E-state index contributed by atoms with van der Waals surface area (Å²) < 4.78 is 33.3. The summed E-state index contributed by atoms with van der Waals surface area (Å²) in [7, 11) is -3.77. The number of anilines is 1. The van der Waals surface area contributed by atoms with Gasteiger partial charge in [-0.2, -0.15) is 0 Å². The Hall–Kier alpha value is -2.58. The van der Waals surface area contributed by atoms with E-state index in [9.17, 15) is 13.2 Å². The van der Waals surface area contributed by atoms with Gasteiger partial charge in [-0.25, -0.2) is 8.42 Å². The average Bonchev–Trinajstić information content (AvgIpc) is 2.80. The molecule has 8 heteroatoms. The maximum Gasteiger partial charge on any atom is 0.261 e. The Morgan fingerprint density at radius 3 is 2.64 bits per heavy atom. The fraction of sp³-hybridized carbons (Fsp3) is 0.480. The van der Waals surface area contributed by atoms with Gasteiger partial charge in [-0.3, -0.25) is 9.52 Å². The molecule has 1 amide bonds. The number of hydrogen-bond acceptors (Lipinski definition) is 5. The molecule has 33 heavy (non-hydrogen) atoms. The Kier molecular flexibility index (Phi) is 9.14. The molecule has 1 unspecified atom stereocenters. The van der Waals surface area contributed by atoms with Crippen molar-refractivity contribution in [2.24, 2.45) is 0 Å². The van der Waals surface area contributed by atoms with Crippen molar-refractivity contribution in [3.63, 3.8) is 0 Å². The quantitative estimate of drug-likeness (QED) is 0.476. The smallest absolute Gasteiger partial charge is 0.261 e. The third-order valence-electron chi connectivity index (χ3n) is 5.92. The molecule has 0 bridgehead atoms. The number of nitrogens with zero attached hydrogens (tertiary/aromatic N) is 1. The van der Waals surface area contributed by atoms with E-state index in [-0.39, 0.29) is 10.8 Å². The number of hydrogen-bond donors (Lipinski definition) is 2.